The van der Waals surface area contributed by atoms with E-state index < -0.39 is 10.0 Å². The molecule has 1 aromatic rings. The molecule has 1 aromatic heterocycles. The van der Waals surface area contributed by atoms with Crippen LogP contribution in [0.4, 0.5) is 0 Å². The SMILES string of the molecule is Cc1n[nH]c(C)c1S(=O)(=O)N1CCNCC1C. The van der Waals surface area contributed by atoms with E-state index in [0.717, 1.165) is 0 Å². The topological polar surface area (TPSA) is 78.1 Å². The molecule has 0 amide bonds. The third-order valence-corrected chi connectivity index (χ3v) is 5.34. The molecule has 2 N–H and O–H groups in total. The van der Waals surface area contributed by atoms with E-state index in [9.17, 15) is 8.42 Å². The van der Waals surface area contributed by atoms with Gasteiger partial charge in [-0.05, 0) is 20.8 Å². The van der Waals surface area contributed by atoms with E-state index in [2.05, 4.69) is 15.5 Å². The highest BCUT2D eigenvalue weighted by molar-refractivity contribution is 7.89. The number of aromatic amines is 1. The fourth-order valence-corrected chi connectivity index (χ4v) is 4.18. The Hall–Kier alpha value is -0.920. The van der Waals surface area contributed by atoms with Crippen molar-refractivity contribution < 1.29 is 8.42 Å². The first-order chi connectivity index (χ1) is 7.94. The van der Waals surface area contributed by atoms with Crippen LogP contribution < -0.4 is 5.32 Å². The fraction of sp³-hybridized carbons (Fsp3) is 0.700. The zero-order chi connectivity index (χ0) is 12.6. The molecule has 96 valence electrons. The van der Waals surface area contributed by atoms with Gasteiger partial charge in [0.15, 0.2) is 0 Å². The van der Waals surface area contributed by atoms with E-state index >= 15 is 0 Å². The van der Waals surface area contributed by atoms with Crippen LogP contribution in [0.3, 0.4) is 0 Å². The lowest BCUT2D eigenvalue weighted by Gasteiger charge is -2.32. The maximum Gasteiger partial charge on any atom is 0.247 e. The number of piperazine rings is 1. The van der Waals surface area contributed by atoms with Crippen molar-refractivity contribution in [1.29, 1.82) is 0 Å². The summed E-state index contributed by atoms with van der Waals surface area (Å²) in [5, 5.41) is 9.86. The Kier molecular flexibility index (Phi) is 3.24. The van der Waals surface area contributed by atoms with Crippen molar-refractivity contribution in [2.75, 3.05) is 19.6 Å². The molecule has 0 aliphatic carbocycles. The highest BCUT2D eigenvalue weighted by Gasteiger charge is 2.34. The summed E-state index contributed by atoms with van der Waals surface area (Å²) in [6, 6.07) is -0.0255. The minimum Gasteiger partial charge on any atom is -0.314 e. The summed E-state index contributed by atoms with van der Waals surface area (Å²) in [6.07, 6.45) is 0. The summed E-state index contributed by atoms with van der Waals surface area (Å²) in [6.45, 7) is 7.25. The molecule has 1 aliphatic rings. The second-order valence-corrected chi connectivity index (χ2v) is 6.26. The van der Waals surface area contributed by atoms with Gasteiger partial charge in [0.2, 0.25) is 10.0 Å². The zero-order valence-corrected chi connectivity index (χ0v) is 11.1. The molecule has 0 saturated carbocycles. The van der Waals surface area contributed by atoms with Gasteiger partial charge in [-0.3, -0.25) is 5.10 Å². The quantitative estimate of drug-likeness (QED) is 0.783. The summed E-state index contributed by atoms with van der Waals surface area (Å²) < 4.78 is 26.6. The van der Waals surface area contributed by atoms with Crippen LogP contribution in [-0.4, -0.2) is 48.6 Å². The molecule has 0 radical (unpaired) electrons. The minimum atomic E-state index is -3.43. The van der Waals surface area contributed by atoms with E-state index in [0.29, 0.717) is 35.9 Å². The van der Waals surface area contributed by atoms with Gasteiger partial charge in [0.05, 0.1) is 11.4 Å². The molecule has 7 heteroatoms. The Labute approximate surface area is 101 Å². The smallest absolute Gasteiger partial charge is 0.247 e. The molecule has 6 nitrogen and oxygen atoms in total. The molecule has 1 atom stereocenters. The maximum atomic E-state index is 12.5. The molecule has 0 aromatic carbocycles. The summed E-state index contributed by atoms with van der Waals surface area (Å²) in [5.41, 5.74) is 1.14. The third-order valence-electron chi connectivity index (χ3n) is 3.07. The number of nitrogens with zero attached hydrogens (tertiary/aromatic N) is 2. The molecule has 0 spiro atoms. The summed E-state index contributed by atoms with van der Waals surface area (Å²) in [5.74, 6) is 0. The van der Waals surface area contributed by atoms with Gasteiger partial charge in [0.25, 0.3) is 0 Å². The number of nitrogens with one attached hydrogen (secondary N) is 2. The summed E-state index contributed by atoms with van der Waals surface area (Å²) in [7, 11) is -3.43. The molecule has 1 unspecified atom stereocenters. The lowest BCUT2D eigenvalue weighted by Crippen LogP contribution is -2.52. The van der Waals surface area contributed by atoms with Crippen molar-refractivity contribution in [2.24, 2.45) is 0 Å². The van der Waals surface area contributed by atoms with Gasteiger partial charge >= 0.3 is 0 Å². The van der Waals surface area contributed by atoms with Gasteiger partial charge < -0.3 is 5.32 Å². The van der Waals surface area contributed by atoms with E-state index in [1.807, 2.05) is 6.92 Å². The molecule has 1 aliphatic heterocycles. The number of aromatic nitrogens is 2. The van der Waals surface area contributed by atoms with Crippen molar-refractivity contribution in [2.45, 2.75) is 31.7 Å². The number of H-pyrrole nitrogens is 1. The van der Waals surface area contributed by atoms with E-state index in [-0.39, 0.29) is 6.04 Å². The Bertz CT molecular complexity index is 489. The Morgan fingerprint density at radius 3 is 2.65 bits per heavy atom. The predicted molar refractivity (Wildman–Crippen MR) is 64.3 cm³/mol. The Balaban J connectivity index is 2.42. The second-order valence-electron chi connectivity index (χ2n) is 4.43. The molecule has 1 fully saturated rings. The van der Waals surface area contributed by atoms with Crippen LogP contribution in [0.25, 0.3) is 0 Å². The van der Waals surface area contributed by atoms with E-state index in [1.54, 1.807) is 18.2 Å². The molecule has 1 saturated heterocycles. The van der Waals surface area contributed by atoms with Crippen LogP contribution in [0.1, 0.15) is 18.3 Å². The first-order valence-corrected chi connectivity index (χ1v) is 7.12. The number of hydrogen-bond donors (Lipinski definition) is 2. The largest absolute Gasteiger partial charge is 0.314 e. The first kappa shape index (κ1) is 12.5. The number of rotatable bonds is 2. The van der Waals surface area contributed by atoms with E-state index in [1.165, 1.54) is 0 Å². The van der Waals surface area contributed by atoms with Crippen LogP contribution in [0.15, 0.2) is 4.90 Å². The third kappa shape index (κ3) is 2.10. The number of aryl methyl sites for hydroxylation is 2. The highest BCUT2D eigenvalue weighted by atomic mass is 32.2. The highest BCUT2D eigenvalue weighted by Crippen LogP contribution is 2.23. The van der Waals surface area contributed by atoms with Crippen LogP contribution in [0.2, 0.25) is 0 Å². The normalized spacial score (nSPS) is 22.9. The van der Waals surface area contributed by atoms with Crippen molar-refractivity contribution in [3.05, 3.63) is 11.4 Å². The van der Waals surface area contributed by atoms with Gasteiger partial charge in [-0.2, -0.15) is 9.40 Å². The maximum absolute atomic E-state index is 12.5. The molecular formula is C10H18N4O2S. The molecule has 0 bridgehead atoms. The van der Waals surface area contributed by atoms with Gasteiger partial charge in [-0.15, -0.1) is 0 Å². The van der Waals surface area contributed by atoms with Gasteiger partial charge in [-0.25, -0.2) is 8.42 Å². The van der Waals surface area contributed by atoms with Crippen LogP contribution in [0.5, 0.6) is 0 Å². The van der Waals surface area contributed by atoms with Gasteiger partial charge in [0.1, 0.15) is 4.90 Å². The van der Waals surface area contributed by atoms with Crippen molar-refractivity contribution >= 4 is 10.0 Å². The lowest BCUT2D eigenvalue weighted by molar-refractivity contribution is 0.283. The first-order valence-electron chi connectivity index (χ1n) is 5.68. The number of sulfonamides is 1. The Morgan fingerprint density at radius 1 is 1.41 bits per heavy atom. The van der Waals surface area contributed by atoms with Gasteiger partial charge in [-0.1, -0.05) is 0 Å². The van der Waals surface area contributed by atoms with Crippen molar-refractivity contribution in [3.63, 3.8) is 0 Å². The average molecular weight is 258 g/mol. The zero-order valence-electron chi connectivity index (χ0n) is 10.3. The lowest BCUT2D eigenvalue weighted by atomic mass is 10.3. The summed E-state index contributed by atoms with van der Waals surface area (Å²) in [4.78, 5) is 0.325. The van der Waals surface area contributed by atoms with Crippen molar-refractivity contribution in [1.82, 2.24) is 19.8 Å². The van der Waals surface area contributed by atoms with Crippen molar-refractivity contribution in [3.8, 4) is 0 Å². The molecular weight excluding hydrogens is 240 g/mol. The predicted octanol–water partition coefficient (Wildman–Crippen LogP) is 0.00894. The average Bonchev–Trinajstić information content (AvgIpc) is 2.59. The summed E-state index contributed by atoms with van der Waals surface area (Å²) >= 11 is 0. The van der Waals surface area contributed by atoms with Crippen LogP contribution >= 0.6 is 0 Å². The molecule has 2 heterocycles. The van der Waals surface area contributed by atoms with E-state index in [4.69, 9.17) is 0 Å². The molecule has 2 rings (SSSR count). The van der Waals surface area contributed by atoms with Crippen LogP contribution in [0, 0.1) is 13.8 Å². The monoisotopic (exact) mass is 258 g/mol. The minimum absolute atomic E-state index is 0.0255. The standard InChI is InChI=1S/C10H18N4O2S/c1-7-6-11-4-5-14(7)17(15,16)10-8(2)12-13-9(10)3/h7,11H,4-6H2,1-3H3,(H,12,13). The van der Waals surface area contributed by atoms with Gasteiger partial charge in [0, 0.05) is 25.7 Å². The van der Waals surface area contributed by atoms with Crippen LogP contribution in [-0.2, 0) is 10.0 Å². The molecule has 17 heavy (non-hydrogen) atoms. The second kappa shape index (κ2) is 4.40. The fourth-order valence-electron chi connectivity index (χ4n) is 2.22. The Morgan fingerprint density at radius 2 is 2.12 bits per heavy atom. The number of hydrogen-bond acceptors (Lipinski definition) is 4.